The van der Waals surface area contributed by atoms with Crippen LogP contribution in [0.4, 0.5) is 0 Å². The van der Waals surface area contributed by atoms with Gasteiger partial charge in [-0.1, -0.05) is 11.6 Å². The molecule has 1 saturated carbocycles. The van der Waals surface area contributed by atoms with Gasteiger partial charge in [-0.3, -0.25) is 4.79 Å². The molecule has 45 heavy (non-hydrogen) atoms. The Balaban J connectivity index is 1.31. The van der Waals surface area contributed by atoms with Crippen molar-refractivity contribution in [3.05, 3.63) is 70.6 Å². The number of hydrogen-bond donors (Lipinski definition) is 3. The molecule has 3 atom stereocenters. The predicted molar refractivity (Wildman–Crippen MR) is 169 cm³/mol. The Hall–Kier alpha value is -4.08. The highest BCUT2D eigenvalue weighted by Gasteiger charge is 2.46. The maximum absolute atomic E-state index is 13.3. The molecule has 1 aromatic heterocycles. The van der Waals surface area contributed by atoms with Crippen LogP contribution < -0.4 is 19.5 Å². The van der Waals surface area contributed by atoms with Gasteiger partial charge in [-0.25, -0.2) is 4.79 Å². The first-order valence-corrected chi connectivity index (χ1v) is 16.0. The number of Topliss-reactive ketones (excluding diaryl/α,β-unsaturated/α-hetero) is 1. The summed E-state index contributed by atoms with van der Waals surface area (Å²) in [4.78, 5) is 29.6. The second-order valence-corrected chi connectivity index (χ2v) is 12.7. The summed E-state index contributed by atoms with van der Waals surface area (Å²) in [5, 5.41) is 16.2. The Morgan fingerprint density at radius 2 is 1.93 bits per heavy atom. The van der Waals surface area contributed by atoms with Crippen molar-refractivity contribution in [1.29, 1.82) is 0 Å². The van der Waals surface area contributed by atoms with Crippen molar-refractivity contribution in [2.75, 3.05) is 26.8 Å². The molecule has 3 aliphatic heterocycles. The van der Waals surface area contributed by atoms with E-state index in [0.29, 0.717) is 42.9 Å². The molecule has 9 heteroatoms. The minimum Gasteiger partial charge on any atom is -0.496 e. The number of ketones is 1. The fraction of sp³-hybridized carbons (Fsp3) is 0.444. The molecular weight excluding hydrogens is 572 g/mol. The van der Waals surface area contributed by atoms with Gasteiger partial charge in [0, 0.05) is 42.1 Å². The first kappa shape index (κ1) is 29.6. The number of aromatic amines is 1. The van der Waals surface area contributed by atoms with Gasteiger partial charge in [0.1, 0.15) is 34.7 Å². The van der Waals surface area contributed by atoms with Crippen LogP contribution in [0.3, 0.4) is 0 Å². The van der Waals surface area contributed by atoms with Crippen LogP contribution in [0.25, 0.3) is 16.5 Å². The molecule has 3 N–H and O–H groups in total. The van der Waals surface area contributed by atoms with E-state index >= 15 is 0 Å². The number of nitrogens with one attached hydrogen (secondary N) is 2. The number of ether oxygens (including phenoxy) is 4. The quantitative estimate of drug-likeness (QED) is 0.319. The number of hydrogen-bond acceptors (Lipinski definition) is 8. The van der Waals surface area contributed by atoms with Crippen molar-refractivity contribution < 1.29 is 33.6 Å². The van der Waals surface area contributed by atoms with Crippen LogP contribution in [-0.4, -0.2) is 60.4 Å². The largest absolute Gasteiger partial charge is 0.496 e. The molecular formula is C36H40N2O7. The molecule has 0 amide bonds. The van der Waals surface area contributed by atoms with E-state index in [2.05, 4.69) is 16.4 Å². The van der Waals surface area contributed by atoms with Gasteiger partial charge in [0.15, 0.2) is 0 Å². The monoisotopic (exact) mass is 612 g/mol. The van der Waals surface area contributed by atoms with E-state index in [0.717, 1.165) is 64.7 Å². The van der Waals surface area contributed by atoms with Gasteiger partial charge >= 0.3 is 5.97 Å². The molecule has 0 spiro atoms. The summed E-state index contributed by atoms with van der Waals surface area (Å²) >= 11 is 0. The summed E-state index contributed by atoms with van der Waals surface area (Å²) in [6.07, 6.45) is 6.89. The highest BCUT2D eigenvalue weighted by Crippen LogP contribution is 2.53. The van der Waals surface area contributed by atoms with Crippen molar-refractivity contribution in [3.8, 4) is 17.2 Å². The van der Waals surface area contributed by atoms with E-state index in [1.807, 2.05) is 37.4 Å². The Morgan fingerprint density at radius 3 is 2.71 bits per heavy atom. The number of piperidine rings is 1. The van der Waals surface area contributed by atoms with E-state index < -0.39 is 17.7 Å². The fourth-order valence-corrected chi connectivity index (χ4v) is 7.57. The van der Waals surface area contributed by atoms with Gasteiger partial charge < -0.3 is 34.4 Å². The molecule has 3 aromatic rings. The van der Waals surface area contributed by atoms with E-state index in [9.17, 15) is 14.7 Å². The molecule has 3 unspecified atom stereocenters. The van der Waals surface area contributed by atoms with Gasteiger partial charge in [-0.15, -0.1) is 0 Å². The average Bonchev–Trinajstić information content (AvgIpc) is 3.71. The van der Waals surface area contributed by atoms with Gasteiger partial charge in [0.2, 0.25) is 5.76 Å². The zero-order chi connectivity index (χ0) is 31.3. The normalized spacial score (nSPS) is 24.6. The van der Waals surface area contributed by atoms with E-state index in [1.54, 1.807) is 20.1 Å². The zero-order valence-corrected chi connectivity index (χ0v) is 26.0. The third-order valence-corrected chi connectivity index (χ3v) is 10.1. The Kier molecular flexibility index (Phi) is 7.70. The molecule has 7 rings (SSSR count). The lowest BCUT2D eigenvalue weighted by molar-refractivity contribution is -0.141. The van der Waals surface area contributed by atoms with Crippen molar-refractivity contribution in [2.24, 2.45) is 5.92 Å². The number of carbonyl (C=O) groups is 2. The summed E-state index contributed by atoms with van der Waals surface area (Å²) in [6, 6.07) is 9.94. The number of benzene rings is 2. The lowest BCUT2D eigenvalue weighted by Crippen LogP contribution is -2.51. The van der Waals surface area contributed by atoms with Gasteiger partial charge in [0.05, 0.1) is 19.3 Å². The molecule has 4 aliphatic rings. The van der Waals surface area contributed by atoms with Crippen molar-refractivity contribution in [1.82, 2.24) is 10.3 Å². The Bertz CT molecular complexity index is 1730. The van der Waals surface area contributed by atoms with Crippen molar-refractivity contribution in [3.63, 3.8) is 0 Å². The summed E-state index contributed by atoms with van der Waals surface area (Å²) in [7, 11) is 1.63. The maximum Gasteiger partial charge on any atom is 0.374 e. The lowest BCUT2D eigenvalue weighted by Gasteiger charge is -2.39. The van der Waals surface area contributed by atoms with Crippen LogP contribution in [0, 0.1) is 5.92 Å². The van der Waals surface area contributed by atoms with Crippen LogP contribution in [0.1, 0.15) is 68.6 Å². The highest BCUT2D eigenvalue weighted by atomic mass is 16.6. The standard InChI is InChI=1S/C36H40N2O7/c1-4-43-35(40)31-17-25(21-6-8-28(39)24(16-21)20-5-7-27-22(15-20)9-14-38-27)33-30(44-31)19-29-26(34(33)42-3)18-32(45-29)36(2,41)23-10-12-37-13-11-23/h5,7,9,14-15,17,19,23-24,32,37-38,41H,4,6,8,10-13,16,18H2,1-3H3. The Morgan fingerprint density at radius 1 is 1.11 bits per heavy atom. The molecule has 236 valence electrons. The number of allylic oxidation sites excluding steroid dienone is 3. The number of carbonyl (C=O) groups excluding carboxylic acids is 2. The Labute approximate surface area is 262 Å². The molecule has 1 aliphatic carbocycles. The molecule has 2 aromatic carbocycles. The summed E-state index contributed by atoms with van der Waals surface area (Å²) < 4.78 is 24.1. The predicted octanol–water partition coefficient (Wildman–Crippen LogP) is 5.36. The van der Waals surface area contributed by atoms with Gasteiger partial charge in [-0.05, 0) is 99.3 Å². The van der Waals surface area contributed by atoms with Crippen molar-refractivity contribution in [2.45, 2.75) is 70.0 Å². The van der Waals surface area contributed by atoms with Crippen molar-refractivity contribution >= 4 is 28.2 Å². The molecule has 0 radical (unpaired) electrons. The highest BCUT2D eigenvalue weighted by molar-refractivity contribution is 5.98. The second kappa shape index (κ2) is 11.7. The SMILES string of the molecule is CCOC(=O)C1=CC(=C2CCC(=O)C(c3ccc4[nH]ccc4c3)C2)c2c(cc3c(c2OC)CC(C(C)(O)C2CCNCC2)O3)O1. The number of fused-ring (bicyclic) bond motifs is 3. The first-order chi connectivity index (χ1) is 21.8. The lowest BCUT2D eigenvalue weighted by atomic mass is 9.76. The van der Waals surface area contributed by atoms with Crippen LogP contribution in [0.15, 0.2) is 53.9 Å². The zero-order valence-electron chi connectivity index (χ0n) is 26.0. The summed E-state index contributed by atoms with van der Waals surface area (Å²) in [6.45, 7) is 5.58. The van der Waals surface area contributed by atoms with Crippen LogP contribution in [-0.2, 0) is 20.7 Å². The number of methoxy groups -OCH3 is 1. The molecule has 1 saturated heterocycles. The molecule has 4 heterocycles. The third kappa shape index (κ3) is 5.21. The number of esters is 1. The van der Waals surface area contributed by atoms with E-state index in [1.165, 1.54) is 0 Å². The molecule has 2 fully saturated rings. The summed E-state index contributed by atoms with van der Waals surface area (Å²) in [5.41, 5.74) is 4.43. The second-order valence-electron chi connectivity index (χ2n) is 12.7. The minimum atomic E-state index is -1.04. The van der Waals surface area contributed by atoms with E-state index in [-0.39, 0.29) is 30.0 Å². The van der Waals surface area contributed by atoms with Crippen LogP contribution >= 0.6 is 0 Å². The number of H-pyrrole nitrogens is 1. The number of aliphatic hydroxyl groups is 1. The first-order valence-electron chi connectivity index (χ1n) is 16.0. The number of aromatic nitrogens is 1. The van der Waals surface area contributed by atoms with E-state index in [4.69, 9.17) is 18.9 Å². The summed E-state index contributed by atoms with van der Waals surface area (Å²) in [5.74, 6) is 1.13. The number of rotatable bonds is 6. The maximum atomic E-state index is 13.3. The average molecular weight is 613 g/mol. The smallest absolute Gasteiger partial charge is 0.374 e. The fourth-order valence-electron chi connectivity index (χ4n) is 7.57. The third-order valence-electron chi connectivity index (χ3n) is 10.1. The van der Waals surface area contributed by atoms with Gasteiger partial charge in [0.25, 0.3) is 0 Å². The minimum absolute atomic E-state index is 0.0762. The molecule has 9 nitrogen and oxygen atoms in total. The van der Waals surface area contributed by atoms with Crippen LogP contribution in [0.2, 0.25) is 0 Å². The van der Waals surface area contributed by atoms with Gasteiger partial charge in [-0.2, -0.15) is 0 Å². The topological polar surface area (TPSA) is 119 Å². The molecule has 0 bridgehead atoms. The van der Waals surface area contributed by atoms with Crippen LogP contribution in [0.5, 0.6) is 17.2 Å².